The molecular formula is C16H30N4O5S2. The molecule has 3 atom stereocenters. The first kappa shape index (κ1) is 25.5. The van der Waals surface area contributed by atoms with E-state index in [2.05, 4.69) is 28.6 Å². The van der Waals surface area contributed by atoms with Gasteiger partial charge in [-0.1, -0.05) is 13.8 Å². The number of hydrogen-bond acceptors (Lipinski definition) is 7. The van der Waals surface area contributed by atoms with E-state index in [1.54, 1.807) is 0 Å². The van der Waals surface area contributed by atoms with Crippen LogP contribution in [0.1, 0.15) is 26.7 Å². The predicted octanol–water partition coefficient (Wildman–Crippen LogP) is -0.787. The van der Waals surface area contributed by atoms with Crippen LogP contribution in [0.25, 0.3) is 0 Å². The van der Waals surface area contributed by atoms with Crippen molar-refractivity contribution in [2.24, 2.45) is 11.7 Å². The normalized spacial score (nSPS) is 14.1. The molecule has 0 aliphatic rings. The van der Waals surface area contributed by atoms with E-state index in [0.717, 1.165) is 0 Å². The van der Waals surface area contributed by atoms with Crippen molar-refractivity contribution in [3.05, 3.63) is 0 Å². The van der Waals surface area contributed by atoms with Crippen LogP contribution in [-0.4, -0.2) is 71.2 Å². The van der Waals surface area contributed by atoms with Crippen molar-refractivity contribution in [2.75, 3.05) is 24.3 Å². The fraction of sp³-hybridized carbons (Fsp3) is 0.750. The first-order valence-electron chi connectivity index (χ1n) is 8.57. The summed E-state index contributed by atoms with van der Waals surface area (Å²) in [5, 5.41) is 16.4. The van der Waals surface area contributed by atoms with Crippen LogP contribution in [0.3, 0.4) is 0 Å². The van der Waals surface area contributed by atoms with Gasteiger partial charge >= 0.3 is 5.97 Å². The SMILES string of the molecule is CSCCC(NC(=O)C(CS)NC(=O)CNC(=O)C(N)CC(C)C)C(=O)O. The van der Waals surface area contributed by atoms with E-state index in [9.17, 15) is 19.2 Å². The number of nitrogens with two attached hydrogens (primary N) is 1. The highest BCUT2D eigenvalue weighted by Crippen LogP contribution is 2.03. The summed E-state index contributed by atoms with van der Waals surface area (Å²) in [6, 6.07) is -2.77. The third-order valence-corrected chi connectivity index (χ3v) is 4.55. The van der Waals surface area contributed by atoms with Crippen LogP contribution >= 0.6 is 24.4 Å². The standard InChI is InChI=1S/C16H30N4O5S2/c1-9(2)6-10(17)14(22)18-7-13(21)19-12(8-26)15(23)20-11(16(24)25)4-5-27-3/h9-12,26H,4-8,17H2,1-3H3,(H,18,22)(H,19,21)(H,20,23)(H,24,25). The topological polar surface area (TPSA) is 151 Å². The number of carboxylic acids is 1. The molecule has 0 saturated carbocycles. The molecule has 0 heterocycles. The van der Waals surface area contributed by atoms with Gasteiger partial charge in [0.2, 0.25) is 17.7 Å². The van der Waals surface area contributed by atoms with E-state index < -0.39 is 41.8 Å². The Morgan fingerprint density at radius 1 is 1.11 bits per heavy atom. The van der Waals surface area contributed by atoms with Crippen LogP contribution in [0.5, 0.6) is 0 Å². The zero-order valence-electron chi connectivity index (χ0n) is 15.9. The number of carboxylic acid groups (broad SMARTS) is 1. The van der Waals surface area contributed by atoms with Gasteiger partial charge in [0.05, 0.1) is 12.6 Å². The first-order valence-corrected chi connectivity index (χ1v) is 10.6. The lowest BCUT2D eigenvalue weighted by Crippen LogP contribution is -2.54. The molecule has 0 rings (SSSR count). The second kappa shape index (κ2) is 13.7. The Morgan fingerprint density at radius 2 is 1.74 bits per heavy atom. The number of thiol groups is 1. The summed E-state index contributed by atoms with van der Waals surface area (Å²) in [4.78, 5) is 47.2. The van der Waals surface area contributed by atoms with Crippen LogP contribution in [-0.2, 0) is 19.2 Å². The molecule has 6 N–H and O–H groups in total. The third kappa shape index (κ3) is 11.1. The lowest BCUT2D eigenvalue weighted by Gasteiger charge is -2.20. The molecule has 0 fully saturated rings. The molecule has 0 spiro atoms. The van der Waals surface area contributed by atoms with Crippen molar-refractivity contribution in [1.29, 1.82) is 0 Å². The Balaban J connectivity index is 4.55. The zero-order valence-corrected chi connectivity index (χ0v) is 17.6. The average molecular weight is 423 g/mol. The Morgan fingerprint density at radius 3 is 2.22 bits per heavy atom. The van der Waals surface area contributed by atoms with Gasteiger partial charge in [-0.3, -0.25) is 14.4 Å². The van der Waals surface area contributed by atoms with Crippen LogP contribution in [0.15, 0.2) is 0 Å². The van der Waals surface area contributed by atoms with Crippen molar-refractivity contribution in [3.63, 3.8) is 0 Å². The molecule has 3 unspecified atom stereocenters. The Labute approximate surface area is 169 Å². The summed E-state index contributed by atoms with van der Waals surface area (Å²) in [5.74, 6) is -2.04. The molecule has 0 aromatic heterocycles. The fourth-order valence-corrected chi connectivity index (χ4v) is 2.85. The minimum atomic E-state index is -1.15. The quantitative estimate of drug-likeness (QED) is 0.213. The molecule has 0 aromatic carbocycles. The van der Waals surface area contributed by atoms with Gasteiger partial charge in [-0.15, -0.1) is 0 Å². The van der Waals surface area contributed by atoms with Crippen molar-refractivity contribution in [3.8, 4) is 0 Å². The first-order chi connectivity index (χ1) is 12.6. The average Bonchev–Trinajstić information content (AvgIpc) is 2.59. The number of thioether (sulfide) groups is 1. The second-order valence-corrected chi connectivity index (χ2v) is 7.79. The number of carbonyl (C=O) groups excluding carboxylic acids is 3. The van der Waals surface area contributed by atoms with Crippen molar-refractivity contribution in [1.82, 2.24) is 16.0 Å². The summed E-state index contributed by atoms with van der Waals surface area (Å²) < 4.78 is 0. The highest BCUT2D eigenvalue weighted by Gasteiger charge is 2.25. The highest BCUT2D eigenvalue weighted by molar-refractivity contribution is 7.98. The Bertz CT molecular complexity index is 519. The summed E-state index contributed by atoms with van der Waals surface area (Å²) in [7, 11) is 0. The maximum atomic E-state index is 12.2. The van der Waals surface area contributed by atoms with E-state index in [0.29, 0.717) is 12.2 Å². The summed E-state index contributed by atoms with van der Waals surface area (Å²) in [6.45, 7) is 3.52. The summed E-state index contributed by atoms with van der Waals surface area (Å²) >= 11 is 5.48. The van der Waals surface area contributed by atoms with Gasteiger partial charge < -0.3 is 26.8 Å². The van der Waals surface area contributed by atoms with Gasteiger partial charge in [0.15, 0.2) is 0 Å². The zero-order chi connectivity index (χ0) is 21.0. The summed E-state index contributed by atoms with van der Waals surface area (Å²) in [6.07, 6.45) is 2.58. The van der Waals surface area contributed by atoms with Crippen LogP contribution in [0.2, 0.25) is 0 Å². The van der Waals surface area contributed by atoms with Crippen molar-refractivity contribution >= 4 is 48.1 Å². The lowest BCUT2D eigenvalue weighted by molar-refractivity contribution is -0.142. The molecule has 3 amide bonds. The van der Waals surface area contributed by atoms with E-state index in [1.807, 2.05) is 20.1 Å². The largest absolute Gasteiger partial charge is 0.480 e. The van der Waals surface area contributed by atoms with E-state index >= 15 is 0 Å². The van der Waals surface area contributed by atoms with E-state index in [1.165, 1.54) is 11.8 Å². The minimum absolute atomic E-state index is 0.0206. The number of carbonyl (C=O) groups is 4. The number of nitrogens with one attached hydrogen (secondary N) is 3. The fourth-order valence-electron chi connectivity index (χ4n) is 2.12. The van der Waals surface area contributed by atoms with Crippen molar-refractivity contribution in [2.45, 2.75) is 44.8 Å². The van der Waals surface area contributed by atoms with Gasteiger partial charge in [0.25, 0.3) is 0 Å². The smallest absolute Gasteiger partial charge is 0.326 e. The highest BCUT2D eigenvalue weighted by atomic mass is 32.2. The van der Waals surface area contributed by atoms with Crippen LogP contribution < -0.4 is 21.7 Å². The number of hydrogen-bond donors (Lipinski definition) is 6. The third-order valence-electron chi connectivity index (χ3n) is 3.54. The van der Waals surface area contributed by atoms with Gasteiger partial charge in [-0.2, -0.15) is 24.4 Å². The van der Waals surface area contributed by atoms with Gasteiger partial charge in [0, 0.05) is 5.75 Å². The molecule has 11 heteroatoms. The molecule has 156 valence electrons. The molecule has 0 aliphatic carbocycles. The monoisotopic (exact) mass is 422 g/mol. The van der Waals surface area contributed by atoms with Gasteiger partial charge in [-0.25, -0.2) is 4.79 Å². The Hall–Kier alpha value is -1.46. The predicted molar refractivity (Wildman–Crippen MR) is 109 cm³/mol. The number of amides is 3. The number of aliphatic carboxylic acids is 1. The maximum Gasteiger partial charge on any atom is 0.326 e. The van der Waals surface area contributed by atoms with Crippen LogP contribution in [0, 0.1) is 5.92 Å². The van der Waals surface area contributed by atoms with Crippen molar-refractivity contribution < 1.29 is 24.3 Å². The van der Waals surface area contributed by atoms with Gasteiger partial charge in [0.1, 0.15) is 12.1 Å². The molecule has 0 aromatic rings. The second-order valence-electron chi connectivity index (χ2n) is 6.44. The minimum Gasteiger partial charge on any atom is -0.480 e. The van der Waals surface area contributed by atoms with Gasteiger partial charge in [-0.05, 0) is 30.8 Å². The molecular weight excluding hydrogens is 392 g/mol. The summed E-state index contributed by atoms with van der Waals surface area (Å²) in [5.41, 5.74) is 5.73. The molecule has 0 bridgehead atoms. The molecule has 27 heavy (non-hydrogen) atoms. The van der Waals surface area contributed by atoms with Crippen LogP contribution in [0.4, 0.5) is 0 Å². The number of rotatable bonds is 13. The molecule has 0 radical (unpaired) electrons. The van der Waals surface area contributed by atoms with E-state index in [4.69, 9.17) is 10.8 Å². The lowest BCUT2D eigenvalue weighted by atomic mass is 10.0. The molecule has 0 aliphatic heterocycles. The van der Waals surface area contributed by atoms with E-state index in [-0.39, 0.29) is 24.6 Å². The molecule has 9 nitrogen and oxygen atoms in total. The Kier molecular flexibility index (Phi) is 12.9. The maximum absolute atomic E-state index is 12.2. The molecule has 0 saturated heterocycles.